The largest absolute Gasteiger partial charge is 0.291 e. The van der Waals surface area contributed by atoms with Crippen LogP contribution in [0.5, 0.6) is 0 Å². The predicted molar refractivity (Wildman–Crippen MR) is 238 cm³/mol. The minimum absolute atomic E-state index is 0.847. The fourth-order valence-corrected chi connectivity index (χ4v) is 11.5. The number of hydrogen-bond acceptors (Lipinski definition) is 4. The molecule has 13 aromatic rings. The first-order chi connectivity index (χ1) is 27.3. The van der Waals surface area contributed by atoms with Gasteiger partial charge in [0.2, 0.25) is 0 Å². The summed E-state index contributed by atoms with van der Waals surface area (Å²) in [4.78, 5) is 12.4. The molecular formula is C50H27N3S2. The summed E-state index contributed by atoms with van der Waals surface area (Å²) in [5.74, 6) is 0.847. The summed E-state index contributed by atoms with van der Waals surface area (Å²) in [6.07, 6.45) is 0. The Labute approximate surface area is 322 Å². The zero-order valence-electron chi connectivity index (χ0n) is 29.2. The number of fused-ring (bicyclic) bond motifs is 18. The molecule has 13 rings (SSSR count). The van der Waals surface area contributed by atoms with Crippen molar-refractivity contribution < 1.29 is 0 Å². The van der Waals surface area contributed by atoms with E-state index in [9.17, 15) is 0 Å². The Hall–Kier alpha value is -6.66. The van der Waals surface area contributed by atoms with E-state index in [1.807, 2.05) is 11.3 Å². The first kappa shape index (κ1) is 29.8. The molecule has 4 aromatic heterocycles. The van der Waals surface area contributed by atoms with Crippen molar-refractivity contribution in [3.8, 4) is 17.1 Å². The Kier molecular flexibility index (Phi) is 5.93. The Balaban J connectivity index is 1.29. The average Bonchev–Trinajstić information content (AvgIpc) is 3.92. The third kappa shape index (κ3) is 3.98. The second kappa shape index (κ2) is 11.0. The summed E-state index contributed by atoms with van der Waals surface area (Å²) in [6.45, 7) is 0. The lowest BCUT2D eigenvalue weighted by molar-refractivity contribution is 1.09. The lowest BCUT2D eigenvalue weighted by Crippen LogP contribution is -2.03. The molecule has 0 aliphatic carbocycles. The molecule has 0 radical (unpaired) electrons. The van der Waals surface area contributed by atoms with Crippen molar-refractivity contribution in [3.63, 3.8) is 0 Å². The van der Waals surface area contributed by atoms with Crippen molar-refractivity contribution in [1.29, 1.82) is 0 Å². The van der Waals surface area contributed by atoms with Gasteiger partial charge in [-0.25, -0.2) is 9.97 Å². The summed E-state index contributed by atoms with van der Waals surface area (Å²) in [7, 11) is 0. The highest BCUT2D eigenvalue weighted by Gasteiger charge is 2.26. The summed E-state index contributed by atoms with van der Waals surface area (Å²) < 4.78 is 6.16. The van der Waals surface area contributed by atoms with Gasteiger partial charge in [0, 0.05) is 57.4 Å². The number of nitrogens with zero attached hydrogens (tertiary/aromatic N) is 3. The Morgan fingerprint density at radius 2 is 0.982 bits per heavy atom. The van der Waals surface area contributed by atoms with Gasteiger partial charge in [-0.15, -0.1) is 22.7 Å². The molecule has 0 bridgehead atoms. The Morgan fingerprint density at radius 1 is 0.382 bits per heavy atom. The first-order valence-electron chi connectivity index (χ1n) is 18.6. The van der Waals surface area contributed by atoms with E-state index in [-0.39, 0.29) is 0 Å². The van der Waals surface area contributed by atoms with Gasteiger partial charge in [0.1, 0.15) is 16.0 Å². The van der Waals surface area contributed by atoms with E-state index in [0.29, 0.717) is 0 Å². The minimum Gasteiger partial charge on any atom is -0.291 e. The maximum Gasteiger partial charge on any atom is 0.165 e. The fraction of sp³-hybridized carbons (Fsp3) is 0. The van der Waals surface area contributed by atoms with Crippen LogP contribution in [0, 0.1) is 0 Å². The van der Waals surface area contributed by atoms with E-state index in [1.54, 1.807) is 11.3 Å². The lowest BCUT2D eigenvalue weighted by atomic mass is 9.91. The highest BCUT2D eigenvalue weighted by Crippen LogP contribution is 2.48. The normalized spacial score (nSPS) is 12.4. The van der Waals surface area contributed by atoms with E-state index in [2.05, 4.69) is 168 Å². The zero-order chi connectivity index (χ0) is 35.8. The van der Waals surface area contributed by atoms with Crippen molar-refractivity contribution in [2.45, 2.75) is 0 Å². The fourth-order valence-electron chi connectivity index (χ4n) is 9.30. The average molecular weight is 734 g/mol. The number of aromatic nitrogens is 3. The maximum absolute atomic E-state index is 5.77. The van der Waals surface area contributed by atoms with Crippen LogP contribution in [0.4, 0.5) is 0 Å². The van der Waals surface area contributed by atoms with E-state index >= 15 is 0 Å². The predicted octanol–water partition coefficient (Wildman–Crippen LogP) is 14.6. The van der Waals surface area contributed by atoms with Crippen LogP contribution in [0.3, 0.4) is 0 Å². The standard InChI is InChI=1S/C50H27N3S2/c1-2-13-29-28(12-1)24-25-38-45-39(27-26-34-32-16-4-3-14-30(32)31-15-5-6-17-33(31)44(34)45)53(48(29)38)49-46(52-50-47(51-49)36-19-8-10-22-41(36)55-50)37-20-11-23-42-43(37)35-18-7-9-21-40(35)54-42/h1-27H. The van der Waals surface area contributed by atoms with Crippen LogP contribution < -0.4 is 0 Å². The topological polar surface area (TPSA) is 30.7 Å². The SMILES string of the molecule is c1ccc2c(c1)ccc1c3c4c5ccccc5c5ccccc5c4ccc3n(-c3nc4c(nc3-c3cccc5sc6ccccc6c35)sc3ccccc34)c21. The number of thiophene rings is 2. The molecule has 0 N–H and O–H groups in total. The smallest absolute Gasteiger partial charge is 0.165 e. The van der Waals surface area contributed by atoms with Crippen LogP contribution in [-0.2, 0) is 0 Å². The highest BCUT2D eigenvalue weighted by atomic mass is 32.1. The van der Waals surface area contributed by atoms with Crippen LogP contribution >= 0.6 is 22.7 Å². The van der Waals surface area contributed by atoms with E-state index < -0.39 is 0 Å². The van der Waals surface area contributed by atoms with Gasteiger partial charge in [0.15, 0.2) is 5.82 Å². The van der Waals surface area contributed by atoms with Crippen LogP contribution in [-0.4, -0.2) is 14.5 Å². The van der Waals surface area contributed by atoms with Crippen molar-refractivity contribution in [1.82, 2.24) is 14.5 Å². The molecule has 254 valence electrons. The van der Waals surface area contributed by atoms with Crippen LogP contribution in [0.25, 0.3) is 123 Å². The molecule has 5 heteroatoms. The first-order valence-corrected chi connectivity index (χ1v) is 20.2. The van der Waals surface area contributed by atoms with Gasteiger partial charge in [-0.05, 0) is 56.6 Å². The highest BCUT2D eigenvalue weighted by molar-refractivity contribution is 7.26. The third-order valence-electron chi connectivity index (χ3n) is 11.6. The quantitative estimate of drug-likeness (QED) is 0.166. The molecular weight excluding hydrogens is 707 g/mol. The monoisotopic (exact) mass is 733 g/mol. The van der Waals surface area contributed by atoms with Crippen molar-refractivity contribution in [3.05, 3.63) is 164 Å². The Bertz CT molecular complexity index is 3760. The number of hydrogen-bond donors (Lipinski definition) is 0. The van der Waals surface area contributed by atoms with Gasteiger partial charge in [-0.2, -0.15) is 0 Å². The van der Waals surface area contributed by atoms with Crippen molar-refractivity contribution in [2.75, 3.05) is 0 Å². The molecule has 0 saturated carbocycles. The molecule has 0 amide bonds. The van der Waals surface area contributed by atoms with Gasteiger partial charge in [-0.1, -0.05) is 140 Å². The molecule has 0 saturated heterocycles. The van der Waals surface area contributed by atoms with Gasteiger partial charge < -0.3 is 0 Å². The molecule has 0 aliphatic rings. The Morgan fingerprint density at radius 3 is 1.78 bits per heavy atom. The molecule has 0 aliphatic heterocycles. The third-order valence-corrected chi connectivity index (χ3v) is 13.8. The number of rotatable bonds is 2. The van der Waals surface area contributed by atoms with Gasteiger partial charge in [-0.3, -0.25) is 4.57 Å². The van der Waals surface area contributed by atoms with Gasteiger partial charge in [0.25, 0.3) is 0 Å². The molecule has 0 unspecified atom stereocenters. The van der Waals surface area contributed by atoms with E-state index in [0.717, 1.165) is 43.8 Å². The molecule has 0 fully saturated rings. The molecule has 55 heavy (non-hydrogen) atoms. The summed E-state index contributed by atoms with van der Waals surface area (Å²) in [5, 5.41) is 16.0. The molecule has 0 spiro atoms. The van der Waals surface area contributed by atoms with Gasteiger partial charge in [0.05, 0.1) is 11.0 Å². The van der Waals surface area contributed by atoms with Gasteiger partial charge >= 0.3 is 0 Å². The molecule has 0 atom stereocenters. The van der Waals surface area contributed by atoms with Crippen molar-refractivity contribution >= 4 is 128 Å². The second-order valence-electron chi connectivity index (χ2n) is 14.4. The lowest BCUT2D eigenvalue weighted by Gasteiger charge is -2.15. The van der Waals surface area contributed by atoms with Crippen molar-refractivity contribution in [2.24, 2.45) is 0 Å². The summed E-state index contributed by atoms with van der Waals surface area (Å²) in [5.41, 5.74) is 5.20. The minimum atomic E-state index is 0.847. The van der Waals surface area contributed by atoms with E-state index in [1.165, 1.54) is 78.7 Å². The molecule has 4 heterocycles. The molecule has 9 aromatic carbocycles. The summed E-state index contributed by atoms with van der Waals surface area (Å²) in [6, 6.07) is 59.8. The summed E-state index contributed by atoms with van der Waals surface area (Å²) >= 11 is 3.56. The number of benzene rings is 9. The van der Waals surface area contributed by atoms with Crippen LogP contribution in [0.1, 0.15) is 0 Å². The zero-order valence-corrected chi connectivity index (χ0v) is 30.9. The molecule has 3 nitrogen and oxygen atoms in total. The second-order valence-corrected chi connectivity index (χ2v) is 16.5. The van der Waals surface area contributed by atoms with Crippen LogP contribution in [0.2, 0.25) is 0 Å². The van der Waals surface area contributed by atoms with Crippen LogP contribution in [0.15, 0.2) is 164 Å². The maximum atomic E-state index is 5.77. The van der Waals surface area contributed by atoms with E-state index in [4.69, 9.17) is 9.97 Å².